The highest BCUT2D eigenvalue weighted by Gasteiger charge is 2.53. The second-order valence-electron chi connectivity index (χ2n) is 10.4. The maximum Gasteiger partial charge on any atom is 0.328 e. The van der Waals surface area contributed by atoms with Crippen LogP contribution in [0.25, 0.3) is 22.3 Å². The molecule has 17 nitrogen and oxygen atoms in total. The lowest BCUT2D eigenvalue weighted by atomic mass is 10.1. The van der Waals surface area contributed by atoms with Crippen molar-refractivity contribution < 1.29 is 45.5 Å². The van der Waals surface area contributed by atoms with Crippen molar-refractivity contribution in [2.24, 2.45) is 0 Å². The van der Waals surface area contributed by atoms with Crippen molar-refractivity contribution in [2.75, 3.05) is 31.3 Å². The largest absolute Gasteiger partial charge is 0.397 e. The zero-order valence-electron chi connectivity index (χ0n) is 22.7. The van der Waals surface area contributed by atoms with E-state index in [9.17, 15) is 9.13 Å². The lowest BCUT2D eigenvalue weighted by molar-refractivity contribution is -0.0556. The number of rotatable bonds is 2. The Bertz CT molecular complexity index is 1700. The molecule has 0 amide bonds. The number of hydrogen-bond donors (Lipinski definition) is 2. The molecule has 3 aliphatic rings. The van der Waals surface area contributed by atoms with Gasteiger partial charge in [-0.3, -0.25) is 22.8 Å². The van der Waals surface area contributed by atoms with Gasteiger partial charge in [0.1, 0.15) is 41.8 Å². The van der Waals surface area contributed by atoms with Crippen molar-refractivity contribution in [1.29, 1.82) is 0 Å². The lowest BCUT2D eigenvalue weighted by Gasteiger charge is -2.29. The van der Waals surface area contributed by atoms with E-state index in [-0.39, 0.29) is 22.6 Å². The van der Waals surface area contributed by atoms with Crippen molar-refractivity contribution >= 4 is 56.5 Å². The molecule has 0 spiro atoms. The number of pyridine rings is 1. The van der Waals surface area contributed by atoms with Crippen molar-refractivity contribution in [3.05, 3.63) is 31.2 Å². The van der Waals surface area contributed by atoms with Gasteiger partial charge in [0.05, 0.1) is 31.6 Å². The van der Waals surface area contributed by atoms with Gasteiger partial charge >= 0.3 is 7.60 Å². The number of ether oxygens (including phenoxy) is 2. The van der Waals surface area contributed by atoms with Crippen LogP contribution in [0.15, 0.2) is 31.2 Å². The van der Waals surface area contributed by atoms with Gasteiger partial charge in [-0.1, -0.05) is 0 Å². The van der Waals surface area contributed by atoms with Crippen LogP contribution in [0.4, 0.5) is 20.3 Å². The molecule has 3 saturated heterocycles. The molecule has 44 heavy (non-hydrogen) atoms. The summed E-state index contributed by atoms with van der Waals surface area (Å²) in [5.41, 5.74) is 13.0. The Morgan fingerprint density at radius 2 is 1.45 bits per heavy atom. The third-order valence-corrected chi connectivity index (χ3v) is 9.73. The third kappa shape index (κ3) is 5.08. The Morgan fingerprint density at radius 1 is 0.864 bits per heavy atom. The van der Waals surface area contributed by atoms with Gasteiger partial charge in [-0.05, 0) is 6.07 Å². The molecule has 3 aliphatic heterocycles. The van der Waals surface area contributed by atoms with Crippen molar-refractivity contribution in [1.82, 2.24) is 34.1 Å². The van der Waals surface area contributed by atoms with E-state index in [0.717, 1.165) is 13.0 Å². The summed E-state index contributed by atoms with van der Waals surface area (Å²) in [5, 5.41) is 0. The van der Waals surface area contributed by atoms with Gasteiger partial charge in [-0.25, -0.2) is 33.7 Å². The smallest absolute Gasteiger partial charge is 0.328 e. The van der Waals surface area contributed by atoms with E-state index in [1.807, 2.05) is 0 Å². The first-order valence-electron chi connectivity index (χ1n) is 13.1. The van der Waals surface area contributed by atoms with Crippen LogP contribution >= 0.6 is 15.1 Å². The molecule has 0 aromatic carbocycles. The van der Waals surface area contributed by atoms with Crippen LogP contribution in [0.3, 0.4) is 0 Å². The first-order chi connectivity index (χ1) is 20.9. The summed E-state index contributed by atoms with van der Waals surface area (Å²) in [4.78, 5) is 20.4. The average Bonchev–Trinajstić information content (AvgIpc) is 3.73. The second-order valence-corrected chi connectivity index (χ2v) is 13.9. The number of nitrogens with two attached hydrogens (primary N) is 2. The van der Waals surface area contributed by atoms with Gasteiger partial charge in [-0.15, -0.1) is 0 Å². The molecule has 10 atom stereocenters. The third-order valence-electron chi connectivity index (χ3n) is 7.44. The van der Waals surface area contributed by atoms with Gasteiger partial charge in [0, 0.05) is 12.9 Å². The molecule has 0 bridgehead atoms. The molecule has 7 rings (SSSR count). The molecular weight excluding hydrogens is 629 g/mol. The number of hydrogen-bond acceptors (Lipinski definition) is 15. The summed E-state index contributed by atoms with van der Waals surface area (Å²) in [7, 11) is -2.79. The summed E-state index contributed by atoms with van der Waals surface area (Å²) in [6.45, 7) is -0.136. The minimum absolute atomic E-state index is 0.0555. The molecular formula is C22H24BF2N9O8P2. The van der Waals surface area contributed by atoms with E-state index in [1.165, 1.54) is 34.1 Å². The van der Waals surface area contributed by atoms with Crippen molar-refractivity contribution in [3.63, 3.8) is 0 Å². The summed E-state index contributed by atoms with van der Waals surface area (Å²) in [5.74, 6) is 0.0555. The molecule has 0 unspecified atom stereocenters. The van der Waals surface area contributed by atoms with Gasteiger partial charge in [0.2, 0.25) is 7.57 Å². The number of halogens is 2. The van der Waals surface area contributed by atoms with Gasteiger partial charge in [0.15, 0.2) is 41.9 Å². The highest BCUT2D eigenvalue weighted by Crippen LogP contribution is 2.54. The summed E-state index contributed by atoms with van der Waals surface area (Å²) >= 11 is 0. The van der Waals surface area contributed by atoms with Gasteiger partial charge in [-0.2, -0.15) is 0 Å². The Hall–Kier alpha value is -3.09. The minimum atomic E-state index is -4.55. The SMILES string of the molecule is [B][P@@]1(=O)OC[C@H]2O[C@@H](n3cnc4c(N)ccnc43)[C@H](F)[C@@H]2O[P@@](C)(=O)OC[C@H]2O[C@@H](n3cnc4c(N)ncnc43)[C@H](F)[C@@H]2O1. The number of aromatic nitrogens is 7. The number of nitrogens with zero attached hydrogens (tertiary/aromatic N) is 7. The average molecular weight is 653 g/mol. The van der Waals surface area contributed by atoms with Crippen LogP contribution in [-0.2, 0) is 36.7 Å². The first-order valence-corrected chi connectivity index (χ1v) is 16.7. The Balaban J connectivity index is 1.17. The van der Waals surface area contributed by atoms with Gasteiger partial charge in [0.25, 0.3) is 7.47 Å². The van der Waals surface area contributed by atoms with E-state index in [1.54, 1.807) is 0 Å². The second kappa shape index (κ2) is 10.8. The fourth-order valence-electron chi connectivity index (χ4n) is 5.39. The van der Waals surface area contributed by atoms with Gasteiger partial charge < -0.3 is 34.5 Å². The van der Waals surface area contributed by atoms with Crippen LogP contribution in [0, 0.1) is 0 Å². The lowest BCUT2D eigenvalue weighted by Crippen LogP contribution is -2.37. The van der Waals surface area contributed by atoms with Crippen LogP contribution in [0.2, 0.25) is 0 Å². The van der Waals surface area contributed by atoms with Crippen LogP contribution in [-0.4, -0.2) is 98.3 Å². The molecule has 4 aromatic rings. The maximum atomic E-state index is 16.0. The number of anilines is 2. The fourth-order valence-corrected chi connectivity index (χ4v) is 7.57. The van der Waals surface area contributed by atoms with E-state index in [0.29, 0.717) is 11.2 Å². The van der Waals surface area contributed by atoms with Crippen LogP contribution < -0.4 is 11.5 Å². The zero-order chi connectivity index (χ0) is 31.0. The highest BCUT2D eigenvalue weighted by atomic mass is 31.2. The molecule has 22 heteroatoms. The summed E-state index contributed by atoms with van der Waals surface area (Å²) < 4.78 is 94.8. The molecule has 7 heterocycles. The molecule has 4 aromatic heterocycles. The zero-order valence-corrected chi connectivity index (χ0v) is 24.5. The molecule has 0 aliphatic carbocycles. The van der Waals surface area contributed by atoms with Crippen molar-refractivity contribution in [2.45, 2.75) is 49.2 Å². The Morgan fingerprint density at radius 3 is 2.14 bits per heavy atom. The predicted molar refractivity (Wildman–Crippen MR) is 148 cm³/mol. The summed E-state index contributed by atoms with van der Waals surface area (Å²) in [6.07, 6.45) is -7.57. The van der Waals surface area contributed by atoms with E-state index < -0.39 is 77.5 Å². The maximum absolute atomic E-state index is 16.0. The molecule has 3 fully saturated rings. The number of alkyl halides is 2. The van der Waals surface area contributed by atoms with Crippen LogP contribution in [0.1, 0.15) is 12.5 Å². The fraction of sp³-hybridized carbons (Fsp3) is 0.500. The molecule has 232 valence electrons. The Labute approximate surface area is 248 Å². The monoisotopic (exact) mass is 653 g/mol. The standard InChI is InChI=1S/C22H24BF2N9O8P2/c1-43(35)37-4-10-17(13(25)22(39-10)34-8-32-15-18(27)29-6-30-20(15)34)42-44(23,36)38-5-11-16(41-43)12(24)21(40-11)33-7-31-14-9(26)2-3-28-19(14)33/h2-3,6-8,10-13,16-17,21-22H,4-5H2,1H3,(H2,26,28)(H2,27,29,30)/t10-,11-,12-,13-,16-,17-,21-,22-,43+,44-/m1/s1. The normalized spacial score (nSPS) is 38.2. The van der Waals surface area contributed by atoms with Crippen molar-refractivity contribution in [3.8, 4) is 0 Å². The minimum Gasteiger partial charge on any atom is -0.397 e. The Kier molecular flexibility index (Phi) is 7.25. The summed E-state index contributed by atoms with van der Waals surface area (Å²) in [6, 6.07) is 1.53. The van der Waals surface area contributed by atoms with E-state index >= 15 is 8.78 Å². The topological polar surface area (TPSA) is 216 Å². The number of nitrogen functional groups attached to an aromatic ring is 2. The highest BCUT2D eigenvalue weighted by molar-refractivity contribution is 7.79. The molecule has 0 saturated carbocycles. The quantitative estimate of drug-likeness (QED) is 0.233. The first kappa shape index (κ1) is 29.6. The van der Waals surface area contributed by atoms with E-state index in [4.69, 9.17) is 46.6 Å². The predicted octanol–water partition coefficient (Wildman–Crippen LogP) is 1.82. The van der Waals surface area contributed by atoms with Crippen LogP contribution in [0.5, 0.6) is 0 Å². The number of fused-ring (bicyclic) bond motifs is 4. The number of imidazole rings is 2. The molecule has 4 N–H and O–H groups in total. The molecule has 2 radical (unpaired) electrons. The van der Waals surface area contributed by atoms with E-state index in [2.05, 4.69) is 24.9 Å².